The van der Waals surface area contributed by atoms with Gasteiger partial charge >= 0.3 is 17.9 Å². The van der Waals surface area contributed by atoms with E-state index in [0.717, 1.165) is 10.9 Å². The largest absolute Gasteiger partial charge is 0.481 e. The molecule has 128 valence electrons. The molecule has 6 N–H and O–H groups in total. The summed E-state index contributed by atoms with van der Waals surface area (Å²) in [6.45, 7) is 0. The highest BCUT2D eigenvalue weighted by Gasteiger charge is 2.40. The molecule has 0 radical (unpaired) electrons. The Morgan fingerprint density at radius 2 is 1.58 bits per heavy atom. The molecule has 0 saturated carbocycles. The summed E-state index contributed by atoms with van der Waals surface area (Å²) < 4.78 is 0. The molecule has 1 aromatic carbocycles. The van der Waals surface area contributed by atoms with E-state index in [1.54, 1.807) is 6.20 Å². The van der Waals surface area contributed by atoms with Gasteiger partial charge in [0.2, 0.25) is 0 Å². The molecule has 0 bridgehead atoms. The normalized spacial score (nSPS) is 10.5. The second kappa shape index (κ2) is 7.88. The number of hydrogen-bond donors (Lipinski definition) is 5. The van der Waals surface area contributed by atoms with Crippen LogP contribution in [0, 0.1) is 0 Å². The predicted molar refractivity (Wildman–Crippen MR) is 83.2 cm³/mol. The summed E-state index contributed by atoms with van der Waals surface area (Å²) in [7, 11) is 0. The molecule has 0 aliphatic rings. The summed E-state index contributed by atoms with van der Waals surface area (Å²) in [6, 6.07) is 9.82. The SMILES string of the molecule is Nc1cnc2ccccc2c1.O=C(O)CC(O)(CC(=O)O)C(=O)O. The van der Waals surface area contributed by atoms with Gasteiger partial charge in [-0.25, -0.2) is 4.79 Å². The molecular formula is C15H16N2O7. The Hall–Kier alpha value is -3.20. The molecule has 0 saturated heterocycles. The van der Waals surface area contributed by atoms with Crippen molar-refractivity contribution in [1.82, 2.24) is 4.98 Å². The first-order valence-corrected chi connectivity index (χ1v) is 6.63. The topological polar surface area (TPSA) is 171 Å². The standard InChI is InChI=1S/C9H8N2.C6H8O7/c10-8-5-7-3-1-2-4-9(7)11-6-8;7-3(8)1-6(13,5(11)12)2-4(9)10/h1-6H,10H2;13H,1-2H2,(H,7,8)(H,9,10)(H,11,12). The number of aliphatic carboxylic acids is 3. The molecule has 0 aliphatic heterocycles. The number of nitrogens with two attached hydrogens (primary N) is 1. The molecule has 2 aromatic rings. The molecule has 0 atom stereocenters. The quantitative estimate of drug-likeness (QED) is 0.523. The second-order valence-electron chi connectivity index (χ2n) is 4.94. The predicted octanol–water partition coefficient (Wildman–Crippen LogP) is 0.569. The molecule has 0 fully saturated rings. The van der Waals surface area contributed by atoms with Crippen LogP contribution in [-0.4, -0.2) is 48.9 Å². The summed E-state index contributed by atoms with van der Waals surface area (Å²) in [4.78, 5) is 34.6. The van der Waals surface area contributed by atoms with Gasteiger partial charge in [-0.3, -0.25) is 14.6 Å². The van der Waals surface area contributed by atoms with Crippen molar-refractivity contribution in [2.75, 3.05) is 5.73 Å². The van der Waals surface area contributed by atoms with Gasteiger partial charge in [0, 0.05) is 5.39 Å². The first-order valence-electron chi connectivity index (χ1n) is 6.63. The number of aromatic nitrogens is 1. The molecule has 9 heteroatoms. The number of fused-ring (bicyclic) bond motifs is 1. The zero-order valence-corrected chi connectivity index (χ0v) is 12.4. The van der Waals surface area contributed by atoms with Crippen LogP contribution in [0.3, 0.4) is 0 Å². The van der Waals surface area contributed by atoms with Crippen molar-refractivity contribution in [3.8, 4) is 0 Å². The average molecular weight is 336 g/mol. The van der Waals surface area contributed by atoms with E-state index in [-0.39, 0.29) is 0 Å². The lowest BCUT2D eigenvalue weighted by Crippen LogP contribution is -2.42. The summed E-state index contributed by atoms with van der Waals surface area (Å²) in [5.41, 5.74) is 4.52. The fraction of sp³-hybridized carbons (Fsp3) is 0.200. The van der Waals surface area contributed by atoms with Gasteiger partial charge in [0.25, 0.3) is 0 Å². The number of anilines is 1. The fourth-order valence-electron chi connectivity index (χ4n) is 1.80. The van der Waals surface area contributed by atoms with Crippen molar-refractivity contribution in [3.05, 3.63) is 36.5 Å². The second-order valence-corrected chi connectivity index (χ2v) is 4.94. The van der Waals surface area contributed by atoms with E-state index in [1.807, 2.05) is 30.3 Å². The zero-order chi connectivity index (χ0) is 18.3. The Balaban J connectivity index is 0.000000242. The Labute approximate surface area is 136 Å². The summed E-state index contributed by atoms with van der Waals surface area (Å²) >= 11 is 0. The van der Waals surface area contributed by atoms with Crippen LogP contribution in [0.15, 0.2) is 36.5 Å². The van der Waals surface area contributed by atoms with Gasteiger partial charge in [-0.2, -0.15) is 0 Å². The molecule has 0 spiro atoms. The Morgan fingerprint density at radius 1 is 1.04 bits per heavy atom. The first-order chi connectivity index (χ1) is 11.1. The van der Waals surface area contributed by atoms with Crippen LogP contribution in [-0.2, 0) is 14.4 Å². The summed E-state index contributed by atoms with van der Waals surface area (Å²) in [5, 5.41) is 34.9. The van der Waals surface area contributed by atoms with Crippen molar-refractivity contribution in [2.45, 2.75) is 18.4 Å². The lowest BCUT2D eigenvalue weighted by Gasteiger charge is -2.18. The van der Waals surface area contributed by atoms with Gasteiger partial charge in [0.05, 0.1) is 30.2 Å². The third-order valence-corrected chi connectivity index (χ3v) is 2.90. The number of para-hydroxylation sites is 1. The minimum absolute atomic E-state index is 0.712. The van der Waals surface area contributed by atoms with Crippen LogP contribution in [0.2, 0.25) is 0 Å². The molecule has 1 heterocycles. The Kier molecular flexibility index (Phi) is 6.19. The van der Waals surface area contributed by atoms with Gasteiger partial charge in [-0.05, 0) is 12.1 Å². The fourth-order valence-corrected chi connectivity index (χ4v) is 1.80. The Morgan fingerprint density at radius 3 is 2.08 bits per heavy atom. The maximum atomic E-state index is 10.3. The van der Waals surface area contributed by atoms with Gasteiger partial charge in [-0.15, -0.1) is 0 Å². The van der Waals surface area contributed by atoms with E-state index in [0.29, 0.717) is 5.69 Å². The molecule has 0 amide bonds. The van der Waals surface area contributed by atoms with E-state index in [2.05, 4.69) is 4.98 Å². The number of carboxylic acids is 3. The van der Waals surface area contributed by atoms with Crippen LogP contribution in [0.1, 0.15) is 12.8 Å². The third-order valence-electron chi connectivity index (χ3n) is 2.90. The highest BCUT2D eigenvalue weighted by molar-refractivity contribution is 5.88. The number of nitrogens with zero attached hydrogens (tertiary/aromatic N) is 1. The lowest BCUT2D eigenvalue weighted by molar-refractivity contribution is -0.170. The molecule has 0 unspecified atom stereocenters. The lowest BCUT2D eigenvalue weighted by atomic mass is 9.96. The maximum Gasteiger partial charge on any atom is 0.336 e. The van der Waals surface area contributed by atoms with Gasteiger partial charge in [-0.1, -0.05) is 18.2 Å². The van der Waals surface area contributed by atoms with Crippen molar-refractivity contribution < 1.29 is 34.8 Å². The van der Waals surface area contributed by atoms with Crippen LogP contribution in [0.4, 0.5) is 5.69 Å². The molecule has 9 nitrogen and oxygen atoms in total. The van der Waals surface area contributed by atoms with E-state index >= 15 is 0 Å². The minimum atomic E-state index is -2.74. The number of aliphatic hydroxyl groups is 1. The van der Waals surface area contributed by atoms with Gasteiger partial charge in [0.15, 0.2) is 5.60 Å². The van der Waals surface area contributed by atoms with Crippen LogP contribution < -0.4 is 5.73 Å². The number of benzene rings is 1. The number of rotatable bonds is 5. The highest BCUT2D eigenvalue weighted by Crippen LogP contribution is 2.15. The molecule has 2 rings (SSSR count). The van der Waals surface area contributed by atoms with Crippen molar-refractivity contribution in [2.24, 2.45) is 0 Å². The van der Waals surface area contributed by atoms with Crippen molar-refractivity contribution in [3.63, 3.8) is 0 Å². The number of carbonyl (C=O) groups is 3. The monoisotopic (exact) mass is 336 g/mol. The van der Waals surface area contributed by atoms with E-state index in [1.165, 1.54) is 0 Å². The number of hydrogen-bond acceptors (Lipinski definition) is 6. The third kappa shape index (κ3) is 5.54. The number of nitrogen functional groups attached to an aromatic ring is 1. The molecular weight excluding hydrogens is 320 g/mol. The van der Waals surface area contributed by atoms with E-state index in [9.17, 15) is 14.4 Å². The summed E-state index contributed by atoms with van der Waals surface area (Å²) in [5.74, 6) is -5.02. The summed E-state index contributed by atoms with van der Waals surface area (Å²) in [6.07, 6.45) is -0.619. The minimum Gasteiger partial charge on any atom is -0.481 e. The zero-order valence-electron chi connectivity index (χ0n) is 12.4. The van der Waals surface area contributed by atoms with Crippen LogP contribution in [0.25, 0.3) is 10.9 Å². The van der Waals surface area contributed by atoms with Crippen molar-refractivity contribution >= 4 is 34.5 Å². The van der Waals surface area contributed by atoms with E-state index in [4.69, 9.17) is 26.2 Å². The average Bonchev–Trinajstić information content (AvgIpc) is 2.45. The molecule has 1 aromatic heterocycles. The maximum absolute atomic E-state index is 10.3. The Bertz CT molecular complexity index is 744. The van der Waals surface area contributed by atoms with Gasteiger partial charge in [0.1, 0.15) is 0 Å². The van der Waals surface area contributed by atoms with Crippen LogP contribution in [0.5, 0.6) is 0 Å². The number of carboxylic acid groups (broad SMARTS) is 3. The van der Waals surface area contributed by atoms with Crippen molar-refractivity contribution in [1.29, 1.82) is 0 Å². The molecule has 24 heavy (non-hydrogen) atoms. The first kappa shape index (κ1) is 18.8. The highest BCUT2D eigenvalue weighted by atomic mass is 16.4. The van der Waals surface area contributed by atoms with Crippen LogP contribution >= 0.6 is 0 Å². The molecule has 0 aliphatic carbocycles. The van der Waals surface area contributed by atoms with Gasteiger partial charge < -0.3 is 26.2 Å². The number of pyridine rings is 1. The smallest absolute Gasteiger partial charge is 0.336 e. The van der Waals surface area contributed by atoms with E-state index < -0.39 is 36.4 Å².